The van der Waals surface area contributed by atoms with E-state index in [1.165, 1.54) is 23.3 Å². The zero-order valence-electron chi connectivity index (χ0n) is 9.29. The summed E-state index contributed by atoms with van der Waals surface area (Å²) in [6, 6.07) is 2.17. The molecule has 0 aliphatic heterocycles. The van der Waals surface area contributed by atoms with Gasteiger partial charge in [0.15, 0.2) is 0 Å². The van der Waals surface area contributed by atoms with Crippen LogP contribution in [-0.4, -0.2) is 19.8 Å². The normalized spacial score (nSPS) is 15.8. The second kappa shape index (κ2) is 5.64. The quantitative estimate of drug-likeness (QED) is 0.720. The van der Waals surface area contributed by atoms with Gasteiger partial charge in [0, 0.05) is 24.6 Å². The first-order valence-electron chi connectivity index (χ1n) is 5.67. The third kappa shape index (κ3) is 3.93. The molecule has 0 unspecified atom stereocenters. The monoisotopic (exact) mass is 225 g/mol. The minimum atomic E-state index is 0.848. The molecule has 15 heavy (non-hydrogen) atoms. The van der Waals surface area contributed by atoms with Crippen LogP contribution in [0.5, 0.6) is 0 Å². The molecule has 0 amide bonds. The molecule has 0 atom stereocenters. The van der Waals surface area contributed by atoms with Crippen molar-refractivity contribution in [3.63, 3.8) is 0 Å². The summed E-state index contributed by atoms with van der Waals surface area (Å²) in [5.41, 5.74) is 1.39. The van der Waals surface area contributed by atoms with E-state index in [1.807, 2.05) is 11.3 Å². The maximum Gasteiger partial charge on any atom is 0.0591 e. The molecular weight excluding hydrogens is 206 g/mol. The molecular formula is C12H19NOS. The fourth-order valence-electron chi connectivity index (χ4n) is 1.47. The van der Waals surface area contributed by atoms with E-state index in [-0.39, 0.29) is 0 Å². The van der Waals surface area contributed by atoms with E-state index in [4.69, 9.17) is 4.74 Å². The van der Waals surface area contributed by atoms with Gasteiger partial charge >= 0.3 is 0 Å². The SMILES string of the molecule is Cc1ccsc1CNCCOCC1CC1. The van der Waals surface area contributed by atoms with Gasteiger partial charge in [-0.15, -0.1) is 11.3 Å². The second-order valence-electron chi connectivity index (χ2n) is 4.22. The van der Waals surface area contributed by atoms with Crippen LogP contribution in [0.25, 0.3) is 0 Å². The molecule has 0 spiro atoms. The van der Waals surface area contributed by atoms with Crippen LogP contribution in [0.4, 0.5) is 0 Å². The number of aryl methyl sites for hydroxylation is 1. The van der Waals surface area contributed by atoms with Crippen molar-refractivity contribution < 1.29 is 4.74 Å². The van der Waals surface area contributed by atoms with Crippen molar-refractivity contribution in [1.82, 2.24) is 5.32 Å². The first-order chi connectivity index (χ1) is 7.36. The van der Waals surface area contributed by atoms with Gasteiger partial charge in [0.05, 0.1) is 6.61 Å². The summed E-state index contributed by atoms with van der Waals surface area (Å²) in [5.74, 6) is 0.879. The molecule has 0 radical (unpaired) electrons. The lowest BCUT2D eigenvalue weighted by Gasteiger charge is -2.05. The Morgan fingerprint density at radius 1 is 1.53 bits per heavy atom. The van der Waals surface area contributed by atoms with Gasteiger partial charge in [-0.3, -0.25) is 0 Å². The summed E-state index contributed by atoms with van der Waals surface area (Å²) in [4.78, 5) is 1.44. The van der Waals surface area contributed by atoms with E-state index in [9.17, 15) is 0 Å². The van der Waals surface area contributed by atoms with Crippen molar-refractivity contribution >= 4 is 11.3 Å². The Bertz CT molecular complexity index is 294. The molecule has 0 bridgehead atoms. The molecule has 0 saturated heterocycles. The summed E-state index contributed by atoms with van der Waals surface area (Å²) in [6.07, 6.45) is 2.75. The van der Waals surface area contributed by atoms with E-state index in [0.717, 1.165) is 32.2 Å². The molecule has 1 aromatic rings. The first kappa shape index (κ1) is 11.1. The molecule has 2 nitrogen and oxygen atoms in total. The van der Waals surface area contributed by atoms with Crippen LogP contribution in [0, 0.1) is 12.8 Å². The fraction of sp³-hybridized carbons (Fsp3) is 0.667. The van der Waals surface area contributed by atoms with Crippen LogP contribution in [0.15, 0.2) is 11.4 Å². The zero-order valence-corrected chi connectivity index (χ0v) is 10.1. The molecule has 1 aromatic heterocycles. The highest BCUT2D eigenvalue weighted by Gasteiger charge is 2.20. The average Bonchev–Trinajstić information content (AvgIpc) is 2.96. The van der Waals surface area contributed by atoms with Crippen LogP contribution < -0.4 is 5.32 Å². The summed E-state index contributed by atoms with van der Waals surface area (Å²) in [6.45, 7) is 5.93. The highest BCUT2D eigenvalue weighted by Crippen LogP contribution is 2.28. The predicted molar refractivity (Wildman–Crippen MR) is 64.3 cm³/mol. The van der Waals surface area contributed by atoms with Crippen molar-refractivity contribution in [3.05, 3.63) is 21.9 Å². The minimum Gasteiger partial charge on any atom is -0.380 e. The Morgan fingerprint density at radius 2 is 2.40 bits per heavy atom. The van der Waals surface area contributed by atoms with E-state index in [1.54, 1.807) is 0 Å². The number of rotatable bonds is 7. The lowest BCUT2D eigenvalue weighted by Crippen LogP contribution is -2.19. The maximum absolute atomic E-state index is 5.55. The minimum absolute atomic E-state index is 0.848. The first-order valence-corrected chi connectivity index (χ1v) is 6.55. The molecule has 2 rings (SSSR count). The van der Waals surface area contributed by atoms with Crippen LogP contribution in [0.2, 0.25) is 0 Å². The molecule has 1 aliphatic rings. The molecule has 1 aliphatic carbocycles. The molecule has 1 fully saturated rings. The molecule has 1 saturated carbocycles. The molecule has 0 aromatic carbocycles. The van der Waals surface area contributed by atoms with E-state index >= 15 is 0 Å². The fourth-order valence-corrected chi connectivity index (χ4v) is 2.34. The maximum atomic E-state index is 5.55. The molecule has 1 N–H and O–H groups in total. The van der Waals surface area contributed by atoms with Gasteiger partial charge in [0.1, 0.15) is 0 Å². The van der Waals surface area contributed by atoms with Gasteiger partial charge < -0.3 is 10.1 Å². The van der Waals surface area contributed by atoms with E-state index in [0.29, 0.717) is 0 Å². The zero-order chi connectivity index (χ0) is 10.5. The van der Waals surface area contributed by atoms with Crippen molar-refractivity contribution in [2.24, 2.45) is 5.92 Å². The van der Waals surface area contributed by atoms with E-state index in [2.05, 4.69) is 23.7 Å². The number of hydrogen-bond donors (Lipinski definition) is 1. The highest BCUT2D eigenvalue weighted by molar-refractivity contribution is 7.10. The van der Waals surface area contributed by atoms with Gasteiger partial charge in [-0.25, -0.2) is 0 Å². The number of thiophene rings is 1. The van der Waals surface area contributed by atoms with Gasteiger partial charge in [0.2, 0.25) is 0 Å². The highest BCUT2D eigenvalue weighted by atomic mass is 32.1. The van der Waals surface area contributed by atoms with Crippen LogP contribution >= 0.6 is 11.3 Å². The predicted octanol–water partition coefficient (Wildman–Crippen LogP) is 2.57. The van der Waals surface area contributed by atoms with Crippen molar-refractivity contribution in [1.29, 1.82) is 0 Å². The van der Waals surface area contributed by atoms with Gasteiger partial charge in [-0.2, -0.15) is 0 Å². The summed E-state index contributed by atoms with van der Waals surface area (Å²) >= 11 is 1.82. The summed E-state index contributed by atoms with van der Waals surface area (Å²) in [5, 5.41) is 5.56. The third-order valence-electron chi connectivity index (χ3n) is 2.73. The van der Waals surface area contributed by atoms with Crippen LogP contribution in [0.3, 0.4) is 0 Å². The van der Waals surface area contributed by atoms with Gasteiger partial charge in [0.25, 0.3) is 0 Å². The Hall–Kier alpha value is -0.380. The largest absolute Gasteiger partial charge is 0.380 e. The van der Waals surface area contributed by atoms with Crippen LogP contribution in [0.1, 0.15) is 23.3 Å². The van der Waals surface area contributed by atoms with Crippen molar-refractivity contribution in [3.8, 4) is 0 Å². The van der Waals surface area contributed by atoms with Crippen LogP contribution in [-0.2, 0) is 11.3 Å². The third-order valence-corrected chi connectivity index (χ3v) is 3.75. The van der Waals surface area contributed by atoms with Crippen molar-refractivity contribution in [2.75, 3.05) is 19.8 Å². The number of ether oxygens (including phenoxy) is 1. The molecule has 1 heterocycles. The Labute approximate surface area is 95.6 Å². The smallest absolute Gasteiger partial charge is 0.0591 e. The van der Waals surface area contributed by atoms with E-state index < -0.39 is 0 Å². The van der Waals surface area contributed by atoms with Gasteiger partial charge in [-0.1, -0.05) is 0 Å². The summed E-state index contributed by atoms with van der Waals surface area (Å²) in [7, 11) is 0. The van der Waals surface area contributed by atoms with Gasteiger partial charge in [-0.05, 0) is 42.7 Å². The van der Waals surface area contributed by atoms with Crippen molar-refractivity contribution in [2.45, 2.75) is 26.3 Å². The molecule has 3 heteroatoms. The summed E-state index contributed by atoms with van der Waals surface area (Å²) < 4.78 is 5.55. The lowest BCUT2D eigenvalue weighted by molar-refractivity contribution is 0.126. The topological polar surface area (TPSA) is 21.3 Å². The number of hydrogen-bond acceptors (Lipinski definition) is 3. The standard InChI is InChI=1S/C12H19NOS/c1-10-4-7-15-12(10)8-13-5-6-14-9-11-2-3-11/h4,7,11,13H,2-3,5-6,8-9H2,1H3. The second-order valence-corrected chi connectivity index (χ2v) is 5.22. The Morgan fingerprint density at radius 3 is 3.07 bits per heavy atom. The Balaban J connectivity index is 1.49. The molecule has 84 valence electrons. The Kier molecular flexibility index (Phi) is 4.18. The lowest BCUT2D eigenvalue weighted by atomic mass is 10.3. The average molecular weight is 225 g/mol. The number of nitrogens with one attached hydrogen (secondary N) is 1.